The normalized spacial score (nSPS) is 41.5. The van der Waals surface area contributed by atoms with Crippen LogP contribution in [0.2, 0.25) is 0 Å². The van der Waals surface area contributed by atoms with Gasteiger partial charge < -0.3 is 9.84 Å². The molecule has 29 heavy (non-hydrogen) atoms. The van der Waals surface area contributed by atoms with Gasteiger partial charge in [0.2, 0.25) is 0 Å². The van der Waals surface area contributed by atoms with E-state index < -0.39 is 6.08 Å². The molecule has 164 valence electrons. The monoisotopic (exact) mass is 408 g/mol. The van der Waals surface area contributed by atoms with E-state index in [1.54, 1.807) is 5.57 Å². The van der Waals surface area contributed by atoms with Crippen molar-refractivity contribution in [3.8, 4) is 0 Å². The maximum Gasteiger partial charge on any atom is 0.266 e. The van der Waals surface area contributed by atoms with Crippen LogP contribution in [0.1, 0.15) is 83.5 Å². The summed E-state index contributed by atoms with van der Waals surface area (Å²) in [4.78, 5) is 0. The lowest BCUT2D eigenvalue weighted by molar-refractivity contribution is -0.0852. The third-order valence-electron chi connectivity index (χ3n) is 8.44. The molecule has 4 aliphatic rings. The predicted molar refractivity (Wildman–Crippen MR) is 112 cm³/mol. The van der Waals surface area contributed by atoms with Crippen molar-refractivity contribution >= 4 is 0 Å². The van der Waals surface area contributed by atoms with E-state index >= 15 is 0 Å². The average molecular weight is 409 g/mol. The average Bonchev–Trinajstić information content (AvgIpc) is 2.75. The Morgan fingerprint density at radius 2 is 1.59 bits per heavy atom. The SMILES string of the molecule is OC1CCC(C2CCC(C3=CCC(C4CCC(C=C(F)F)CC4)CC3)CC2)OC1. The molecule has 1 N–H and O–H groups in total. The summed E-state index contributed by atoms with van der Waals surface area (Å²) in [5, 5.41) is 9.64. The molecule has 0 amide bonds. The van der Waals surface area contributed by atoms with Crippen molar-refractivity contribution in [3.05, 3.63) is 23.8 Å². The molecule has 0 bridgehead atoms. The molecule has 0 radical (unpaired) electrons. The van der Waals surface area contributed by atoms with Crippen molar-refractivity contribution in [2.24, 2.45) is 29.6 Å². The standard InChI is InChI=1S/C25H38F2O2/c26-25(27)15-17-1-3-18(4-2-17)19-5-7-20(8-6-19)21-9-11-22(12-10-21)24-14-13-23(28)16-29-24/h7,15,17-19,21-24,28H,1-6,8-14,16H2. The van der Waals surface area contributed by atoms with Crippen LogP contribution in [0.5, 0.6) is 0 Å². The van der Waals surface area contributed by atoms with Crippen molar-refractivity contribution in [2.75, 3.05) is 6.61 Å². The van der Waals surface area contributed by atoms with Crippen LogP contribution >= 0.6 is 0 Å². The Morgan fingerprint density at radius 1 is 0.862 bits per heavy atom. The quantitative estimate of drug-likeness (QED) is 0.528. The Morgan fingerprint density at radius 3 is 2.17 bits per heavy atom. The maximum atomic E-state index is 12.5. The Kier molecular flexibility index (Phi) is 7.44. The molecule has 4 heteroatoms. The van der Waals surface area contributed by atoms with Crippen LogP contribution in [-0.2, 0) is 4.74 Å². The summed E-state index contributed by atoms with van der Waals surface area (Å²) >= 11 is 0. The van der Waals surface area contributed by atoms with Crippen molar-refractivity contribution in [1.82, 2.24) is 0 Å². The van der Waals surface area contributed by atoms with E-state index in [0.29, 0.717) is 18.6 Å². The zero-order chi connectivity index (χ0) is 20.2. The van der Waals surface area contributed by atoms with Crippen LogP contribution in [0.4, 0.5) is 8.78 Å². The number of allylic oxidation sites excluding steroid dienone is 3. The molecule has 0 aromatic heterocycles. The molecule has 1 saturated heterocycles. The third-order valence-corrected chi connectivity index (χ3v) is 8.44. The van der Waals surface area contributed by atoms with E-state index in [1.165, 1.54) is 51.0 Å². The number of ether oxygens (including phenoxy) is 1. The highest BCUT2D eigenvalue weighted by Crippen LogP contribution is 2.44. The van der Waals surface area contributed by atoms with Crippen molar-refractivity contribution in [1.29, 1.82) is 0 Å². The van der Waals surface area contributed by atoms with Gasteiger partial charge in [-0.15, -0.1) is 0 Å². The fourth-order valence-corrected chi connectivity index (χ4v) is 6.63. The van der Waals surface area contributed by atoms with Gasteiger partial charge in [0.25, 0.3) is 6.08 Å². The number of aliphatic hydroxyl groups excluding tert-OH is 1. The van der Waals surface area contributed by atoms with Gasteiger partial charge in [-0.2, -0.15) is 8.78 Å². The third kappa shape index (κ3) is 5.70. The first-order valence-electron chi connectivity index (χ1n) is 12.1. The van der Waals surface area contributed by atoms with Crippen molar-refractivity contribution in [3.63, 3.8) is 0 Å². The summed E-state index contributed by atoms with van der Waals surface area (Å²) in [5.74, 6) is 3.09. The van der Waals surface area contributed by atoms with E-state index in [-0.39, 0.29) is 12.0 Å². The van der Waals surface area contributed by atoms with E-state index in [1.807, 2.05) is 0 Å². The van der Waals surface area contributed by atoms with E-state index in [0.717, 1.165) is 56.3 Å². The van der Waals surface area contributed by atoms with Crippen LogP contribution < -0.4 is 0 Å². The summed E-state index contributed by atoms with van der Waals surface area (Å²) in [6.07, 6.45) is 17.4. The predicted octanol–water partition coefficient (Wildman–Crippen LogP) is 6.65. The van der Waals surface area contributed by atoms with Gasteiger partial charge in [0.15, 0.2) is 0 Å². The molecule has 1 heterocycles. The number of aliphatic hydroxyl groups is 1. The lowest BCUT2D eigenvalue weighted by Gasteiger charge is -2.39. The van der Waals surface area contributed by atoms with Crippen LogP contribution in [0.15, 0.2) is 23.8 Å². The van der Waals surface area contributed by atoms with E-state index in [9.17, 15) is 13.9 Å². The van der Waals surface area contributed by atoms with Gasteiger partial charge in [-0.05, 0) is 119 Å². The molecular formula is C25H38F2O2. The number of halogens is 2. The highest BCUT2D eigenvalue weighted by atomic mass is 19.3. The number of hydrogen-bond donors (Lipinski definition) is 1. The Balaban J connectivity index is 1.20. The minimum absolute atomic E-state index is 0.109. The molecule has 0 spiro atoms. The molecule has 4 rings (SSSR count). The smallest absolute Gasteiger partial charge is 0.266 e. The van der Waals surface area contributed by atoms with Gasteiger partial charge in [-0.25, -0.2) is 0 Å². The van der Waals surface area contributed by atoms with Gasteiger partial charge in [0.05, 0.1) is 18.8 Å². The van der Waals surface area contributed by atoms with Crippen molar-refractivity contribution in [2.45, 2.75) is 95.7 Å². The lowest BCUT2D eigenvalue weighted by atomic mass is 9.68. The van der Waals surface area contributed by atoms with Gasteiger partial charge in [0.1, 0.15) is 0 Å². The molecule has 0 aromatic carbocycles. The molecule has 3 unspecified atom stereocenters. The highest BCUT2D eigenvalue weighted by Gasteiger charge is 2.34. The topological polar surface area (TPSA) is 29.5 Å². The largest absolute Gasteiger partial charge is 0.391 e. The Hall–Kier alpha value is -0.740. The van der Waals surface area contributed by atoms with Crippen LogP contribution in [0, 0.1) is 29.6 Å². The molecule has 2 nitrogen and oxygen atoms in total. The van der Waals surface area contributed by atoms with Gasteiger partial charge in [-0.1, -0.05) is 11.6 Å². The van der Waals surface area contributed by atoms with E-state index in [2.05, 4.69) is 6.08 Å². The minimum Gasteiger partial charge on any atom is -0.391 e. The second-order valence-corrected chi connectivity index (χ2v) is 10.2. The minimum atomic E-state index is -1.50. The first-order chi connectivity index (χ1) is 14.1. The maximum absolute atomic E-state index is 12.5. The number of hydrogen-bond acceptors (Lipinski definition) is 2. The second kappa shape index (κ2) is 10.0. The van der Waals surface area contributed by atoms with Crippen LogP contribution in [0.3, 0.4) is 0 Å². The molecular weight excluding hydrogens is 370 g/mol. The van der Waals surface area contributed by atoms with Gasteiger partial charge >= 0.3 is 0 Å². The molecule has 3 atom stereocenters. The zero-order valence-electron chi connectivity index (χ0n) is 17.7. The lowest BCUT2D eigenvalue weighted by Crippen LogP contribution is -2.36. The summed E-state index contributed by atoms with van der Waals surface area (Å²) in [5.41, 5.74) is 1.70. The summed E-state index contributed by atoms with van der Waals surface area (Å²) in [7, 11) is 0. The molecule has 3 aliphatic carbocycles. The Bertz CT molecular complexity index is 574. The molecule has 3 fully saturated rings. The first kappa shape index (κ1) is 21.5. The van der Waals surface area contributed by atoms with Crippen molar-refractivity contribution < 1.29 is 18.6 Å². The molecule has 0 aromatic rings. The second-order valence-electron chi connectivity index (χ2n) is 10.2. The van der Waals surface area contributed by atoms with E-state index in [4.69, 9.17) is 4.74 Å². The zero-order valence-corrected chi connectivity index (χ0v) is 17.7. The number of rotatable bonds is 4. The Labute approximate surface area is 174 Å². The summed E-state index contributed by atoms with van der Waals surface area (Å²) in [6.45, 7) is 0.526. The summed E-state index contributed by atoms with van der Waals surface area (Å²) in [6, 6.07) is 0. The molecule has 1 aliphatic heterocycles. The van der Waals surface area contributed by atoms with Crippen LogP contribution in [-0.4, -0.2) is 23.9 Å². The summed E-state index contributed by atoms with van der Waals surface area (Å²) < 4.78 is 30.9. The first-order valence-corrected chi connectivity index (χ1v) is 12.1. The van der Waals surface area contributed by atoms with Crippen LogP contribution in [0.25, 0.3) is 0 Å². The van der Waals surface area contributed by atoms with Gasteiger partial charge in [-0.3, -0.25) is 0 Å². The fraction of sp³-hybridized carbons (Fsp3) is 0.840. The van der Waals surface area contributed by atoms with Gasteiger partial charge in [0, 0.05) is 0 Å². The highest BCUT2D eigenvalue weighted by molar-refractivity contribution is 5.12. The molecule has 2 saturated carbocycles. The fourth-order valence-electron chi connectivity index (χ4n) is 6.63.